The van der Waals surface area contributed by atoms with Crippen molar-refractivity contribution in [2.24, 2.45) is 5.73 Å². The summed E-state index contributed by atoms with van der Waals surface area (Å²) in [6.45, 7) is 0. The number of halogens is 1. The smallest absolute Gasteiger partial charge is 0.308 e. The van der Waals surface area contributed by atoms with E-state index in [2.05, 4.69) is 25.9 Å². The third-order valence-corrected chi connectivity index (χ3v) is 2.98. The number of carbonyl (C=O) groups is 2. The van der Waals surface area contributed by atoms with Gasteiger partial charge in [0.25, 0.3) is 5.56 Å². The number of hydrogen-bond acceptors (Lipinski definition) is 5. The van der Waals surface area contributed by atoms with Crippen molar-refractivity contribution >= 4 is 27.7 Å². The van der Waals surface area contributed by atoms with Crippen LogP contribution in [0.4, 0.5) is 0 Å². The standard InChI is InChI=1S/C8H8BrNO3.C4H4N2O/c9-5-1-2-6(10)4(8(5)13)3-7(11)12;7-4-1-2-5-3-6-4/h1-2,5H,3,10H2,(H,11,12);1-3H,(H,5,6,7). The Labute approximate surface area is 122 Å². The fourth-order valence-electron chi connectivity index (χ4n) is 1.33. The van der Waals surface area contributed by atoms with Gasteiger partial charge in [-0.15, -0.1) is 0 Å². The first kappa shape index (κ1) is 15.8. The van der Waals surface area contributed by atoms with Crippen molar-refractivity contribution in [3.63, 3.8) is 0 Å². The summed E-state index contributed by atoms with van der Waals surface area (Å²) < 4.78 is 0. The number of aliphatic carboxylic acids is 1. The van der Waals surface area contributed by atoms with Crippen LogP contribution in [0.25, 0.3) is 0 Å². The second-order valence-electron chi connectivity index (χ2n) is 3.73. The monoisotopic (exact) mass is 341 g/mol. The van der Waals surface area contributed by atoms with Crippen LogP contribution in [-0.2, 0) is 9.59 Å². The van der Waals surface area contributed by atoms with E-state index in [1.54, 1.807) is 12.2 Å². The molecule has 2 rings (SSSR count). The van der Waals surface area contributed by atoms with Gasteiger partial charge < -0.3 is 15.8 Å². The number of nitrogens with one attached hydrogen (secondary N) is 1. The Morgan fingerprint density at radius 2 is 2.20 bits per heavy atom. The van der Waals surface area contributed by atoms with E-state index in [-0.39, 0.29) is 29.0 Å². The number of carbonyl (C=O) groups excluding carboxylic acids is 1. The maximum absolute atomic E-state index is 11.4. The number of Topliss-reactive ketones (excluding diaryl/α,β-unsaturated/α-hetero) is 1. The molecule has 106 valence electrons. The van der Waals surface area contributed by atoms with Crippen molar-refractivity contribution in [3.8, 4) is 0 Å². The Morgan fingerprint density at radius 3 is 2.65 bits per heavy atom. The minimum absolute atomic E-state index is 0.116. The van der Waals surface area contributed by atoms with Crippen LogP contribution >= 0.6 is 15.9 Å². The fourth-order valence-corrected chi connectivity index (χ4v) is 1.76. The molecule has 0 radical (unpaired) electrons. The molecule has 7 nitrogen and oxygen atoms in total. The van der Waals surface area contributed by atoms with E-state index in [0.717, 1.165) is 0 Å². The lowest BCUT2D eigenvalue weighted by atomic mass is 9.98. The van der Waals surface area contributed by atoms with Crippen molar-refractivity contribution in [1.82, 2.24) is 9.97 Å². The molecule has 0 amide bonds. The first-order valence-electron chi connectivity index (χ1n) is 5.47. The van der Waals surface area contributed by atoms with E-state index in [1.807, 2.05) is 0 Å². The van der Waals surface area contributed by atoms with Gasteiger partial charge in [0.1, 0.15) is 0 Å². The summed E-state index contributed by atoms with van der Waals surface area (Å²) in [5.74, 6) is -1.33. The van der Waals surface area contributed by atoms with E-state index in [1.165, 1.54) is 18.6 Å². The zero-order chi connectivity index (χ0) is 15.1. The van der Waals surface area contributed by atoms with Crippen LogP contribution in [0, 0.1) is 0 Å². The van der Waals surface area contributed by atoms with Gasteiger partial charge in [0.2, 0.25) is 0 Å². The maximum atomic E-state index is 11.4. The van der Waals surface area contributed by atoms with E-state index >= 15 is 0 Å². The van der Waals surface area contributed by atoms with Gasteiger partial charge in [-0.05, 0) is 6.08 Å². The predicted molar refractivity (Wildman–Crippen MR) is 75.2 cm³/mol. The molecule has 0 spiro atoms. The van der Waals surface area contributed by atoms with Crippen LogP contribution in [0.15, 0.2) is 46.8 Å². The molecule has 1 aromatic rings. The number of ketones is 1. The number of H-pyrrole nitrogens is 1. The maximum Gasteiger partial charge on any atom is 0.308 e. The van der Waals surface area contributed by atoms with E-state index in [4.69, 9.17) is 10.8 Å². The van der Waals surface area contributed by atoms with Crippen LogP contribution in [-0.4, -0.2) is 31.7 Å². The zero-order valence-electron chi connectivity index (χ0n) is 10.2. The highest BCUT2D eigenvalue weighted by atomic mass is 79.9. The van der Waals surface area contributed by atoms with Crippen LogP contribution in [0.5, 0.6) is 0 Å². The molecule has 20 heavy (non-hydrogen) atoms. The fraction of sp³-hybridized carbons (Fsp3) is 0.167. The third-order valence-electron chi connectivity index (χ3n) is 2.26. The van der Waals surface area contributed by atoms with Crippen molar-refractivity contribution in [1.29, 1.82) is 0 Å². The summed E-state index contributed by atoms with van der Waals surface area (Å²) in [5, 5.41) is 8.51. The Morgan fingerprint density at radius 1 is 1.50 bits per heavy atom. The number of aromatic nitrogens is 2. The number of hydrogen-bond donors (Lipinski definition) is 3. The van der Waals surface area contributed by atoms with Crippen LogP contribution in [0.3, 0.4) is 0 Å². The van der Waals surface area contributed by atoms with Crippen LogP contribution < -0.4 is 11.3 Å². The summed E-state index contributed by atoms with van der Waals surface area (Å²) in [4.78, 5) is 37.4. The number of alkyl halides is 1. The molecule has 1 atom stereocenters. The number of carboxylic acids is 1. The minimum atomic E-state index is -1.05. The SMILES string of the molecule is NC1=C(CC(=O)O)C(=O)C(Br)C=C1.O=c1ccnc[nH]1. The van der Waals surface area contributed by atoms with Crippen molar-refractivity contribution < 1.29 is 14.7 Å². The largest absolute Gasteiger partial charge is 0.481 e. The lowest BCUT2D eigenvalue weighted by Gasteiger charge is -2.13. The molecule has 1 aliphatic carbocycles. The lowest BCUT2D eigenvalue weighted by Crippen LogP contribution is -2.23. The third kappa shape index (κ3) is 4.81. The Hall–Kier alpha value is -2.22. The summed E-state index contributed by atoms with van der Waals surface area (Å²) in [6, 6.07) is 1.36. The molecule has 8 heteroatoms. The summed E-state index contributed by atoms with van der Waals surface area (Å²) in [6.07, 6.45) is 5.60. The number of allylic oxidation sites excluding steroid dienone is 2. The Kier molecular flexibility index (Phi) is 5.85. The van der Waals surface area contributed by atoms with Crippen molar-refractivity contribution in [2.45, 2.75) is 11.2 Å². The minimum Gasteiger partial charge on any atom is -0.481 e. The van der Waals surface area contributed by atoms with Gasteiger partial charge in [0.05, 0.1) is 17.6 Å². The number of nitrogens with zero attached hydrogens (tertiary/aromatic N) is 1. The van der Waals surface area contributed by atoms with E-state index < -0.39 is 10.8 Å². The van der Waals surface area contributed by atoms with Crippen molar-refractivity contribution in [3.05, 3.63) is 52.4 Å². The molecule has 4 N–H and O–H groups in total. The first-order chi connectivity index (χ1) is 9.41. The van der Waals surface area contributed by atoms with Gasteiger partial charge >= 0.3 is 5.97 Å². The Balaban J connectivity index is 0.000000240. The molecule has 0 aromatic carbocycles. The molecule has 0 saturated carbocycles. The van der Waals surface area contributed by atoms with E-state index in [0.29, 0.717) is 0 Å². The quantitative estimate of drug-likeness (QED) is 0.666. The average molecular weight is 342 g/mol. The van der Waals surface area contributed by atoms with Crippen LogP contribution in [0.1, 0.15) is 6.42 Å². The molecule has 0 saturated heterocycles. The molecule has 1 heterocycles. The van der Waals surface area contributed by atoms with Crippen LogP contribution in [0.2, 0.25) is 0 Å². The van der Waals surface area contributed by atoms with Gasteiger partial charge in [0.15, 0.2) is 5.78 Å². The number of rotatable bonds is 2. The molecule has 0 fully saturated rings. The predicted octanol–water partition coefficient (Wildman–Crippen LogP) is 0.346. The number of carboxylic acid groups (broad SMARTS) is 1. The van der Waals surface area contributed by atoms with Gasteiger partial charge in [-0.2, -0.15) is 0 Å². The second-order valence-corrected chi connectivity index (χ2v) is 4.72. The van der Waals surface area contributed by atoms with E-state index in [9.17, 15) is 14.4 Å². The number of nitrogens with two attached hydrogens (primary N) is 1. The molecule has 1 aromatic heterocycles. The van der Waals surface area contributed by atoms with Gasteiger partial charge in [-0.1, -0.05) is 22.0 Å². The van der Waals surface area contributed by atoms with Gasteiger partial charge in [-0.3, -0.25) is 14.4 Å². The highest BCUT2D eigenvalue weighted by molar-refractivity contribution is 9.10. The van der Waals surface area contributed by atoms with Gasteiger partial charge in [0, 0.05) is 23.5 Å². The molecular formula is C12H12BrN3O4. The Bertz CT molecular complexity index is 604. The molecule has 0 bridgehead atoms. The first-order valence-corrected chi connectivity index (χ1v) is 6.39. The molecule has 1 unspecified atom stereocenters. The normalized spacial score (nSPS) is 17.4. The zero-order valence-corrected chi connectivity index (χ0v) is 11.8. The van der Waals surface area contributed by atoms with Gasteiger partial charge in [-0.25, -0.2) is 4.98 Å². The summed E-state index contributed by atoms with van der Waals surface area (Å²) >= 11 is 3.09. The summed E-state index contributed by atoms with van der Waals surface area (Å²) in [7, 11) is 0. The highest BCUT2D eigenvalue weighted by Crippen LogP contribution is 2.20. The molecular weight excluding hydrogens is 330 g/mol. The number of aromatic amines is 1. The van der Waals surface area contributed by atoms with Crippen molar-refractivity contribution in [2.75, 3.05) is 0 Å². The molecule has 1 aliphatic rings. The topological polar surface area (TPSA) is 126 Å². The average Bonchev–Trinajstić information content (AvgIpc) is 2.41. The second kappa shape index (κ2) is 7.39. The lowest BCUT2D eigenvalue weighted by molar-refractivity contribution is -0.137. The summed E-state index contributed by atoms with van der Waals surface area (Å²) in [5.41, 5.74) is 5.75. The highest BCUT2D eigenvalue weighted by Gasteiger charge is 2.24. The molecule has 0 aliphatic heterocycles.